The van der Waals surface area contributed by atoms with E-state index in [-0.39, 0.29) is 5.78 Å². The van der Waals surface area contributed by atoms with Crippen molar-refractivity contribution in [3.8, 4) is 0 Å². The van der Waals surface area contributed by atoms with Crippen molar-refractivity contribution in [1.82, 2.24) is 0 Å². The van der Waals surface area contributed by atoms with Gasteiger partial charge in [-0.05, 0) is 25.2 Å². The van der Waals surface area contributed by atoms with Gasteiger partial charge in [0.15, 0.2) is 0 Å². The molecule has 0 bridgehead atoms. The second kappa shape index (κ2) is 4.75. The van der Waals surface area contributed by atoms with E-state index in [4.69, 9.17) is 0 Å². The lowest BCUT2D eigenvalue weighted by atomic mass is 9.76. The van der Waals surface area contributed by atoms with Crippen molar-refractivity contribution in [3.63, 3.8) is 0 Å². The molecular weight excluding hydrogens is 164 g/mol. The molecule has 2 nitrogen and oxygen atoms in total. The molecule has 0 aliphatic heterocycles. The first-order chi connectivity index (χ1) is 6.11. The second-order valence-corrected chi connectivity index (χ2v) is 4.40. The van der Waals surface area contributed by atoms with Gasteiger partial charge in [0.05, 0.1) is 6.10 Å². The highest BCUT2D eigenvalue weighted by molar-refractivity contribution is 5.75. The highest BCUT2D eigenvalue weighted by Crippen LogP contribution is 2.32. The molecule has 1 saturated carbocycles. The molecule has 76 valence electrons. The maximum Gasteiger partial charge on any atom is 0.132 e. The Kier molecular flexibility index (Phi) is 3.91. The fourth-order valence-electron chi connectivity index (χ4n) is 2.36. The van der Waals surface area contributed by atoms with Crippen LogP contribution >= 0.6 is 0 Å². The van der Waals surface area contributed by atoms with Crippen molar-refractivity contribution >= 4 is 5.78 Å². The molecule has 0 heterocycles. The quantitative estimate of drug-likeness (QED) is 0.729. The van der Waals surface area contributed by atoms with Crippen LogP contribution < -0.4 is 0 Å². The first-order valence-electron chi connectivity index (χ1n) is 5.28. The van der Waals surface area contributed by atoms with Crippen LogP contribution in [0.15, 0.2) is 0 Å². The molecule has 0 amide bonds. The van der Waals surface area contributed by atoms with Gasteiger partial charge in [0.2, 0.25) is 0 Å². The van der Waals surface area contributed by atoms with E-state index < -0.39 is 6.10 Å². The summed E-state index contributed by atoms with van der Waals surface area (Å²) in [6.45, 7) is 3.74. The van der Waals surface area contributed by atoms with Crippen LogP contribution in [0.3, 0.4) is 0 Å². The Labute approximate surface area is 80.3 Å². The second-order valence-electron chi connectivity index (χ2n) is 4.40. The molecule has 1 aliphatic rings. The predicted molar refractivity (Wildman–Crippen MR) is 52.4 cm³/mol. The molecule has 1 aliphatic carbocycles. The molecule has 1 fully saturated rings. The molecule has 3 unspecified atom stereocenters. The molecule has 0 saturated heterocycles. The number of ketones is 1. The van der Waals surface area contributed by atoms with E-state index in [1.165, 1.54) is 19.3 Å². The van der Waals surface area contributed by atoms with Crippen molar-refractivity contribution in [2.45, 2.75) is 52.1 Å². The number of hydrogen-bond donors (Lipinski definition) is 1. The van der Waals surface area contributed by atoms with Gasteiger partial charge in [-0.1, -0.05) is 26.2 Å². The fraction of sp³-hybridized carbons (Fsp3) is 0.909. The molecule has 13 heavy (non-hydrogen) atoms. The van der Waals surface area contributed by atoms with Crippen LogP contribution in [-0.4, -0.2) is 17.0 Å². The summed E-state index contributed by atoms with van der Waals surface area (Å²) in [5.74, 6) is 1.05. The highest BCUT2D eigenvalue weighted by Gasteiger charge is 2.28. The van der Waals surface area contributed by atoms with Crippen molar-refractivity contribution in [1.29, 1.82) is 0 Å². The van der Waals surface area contributed by atoms with Crippen molar-refractivity contribution in [2.75, 3.05) is 0 Å². The lowest BCUT2D eigenvalue weighted by molar-refractivity contribution is -0.120. The third-order valence-electron chi connectivity index (χ3n) is 3.17. The molecular formula is C11H20O2. The normalized spacial score (nSPS) is 31.3. The fourth-order valence-corrected chi connectivity index (χ4v) is 2.36. The van der Waals surface area contributed by atoms with E-state index in [0.29, 0.717) is 18.3 Å². The van der Waals surface area contributed by atoms with Gasteiger partial charge in [-0.15, -0.1) is 0 Å². The molecule has 1 N–H and O–H groups in total. The van der Waals surface area contributed by atoms with Gasteiger partial charge < -0.3 is 5.11 Å². The van der Waals surface area contributed by atoms with E-state index in [9.17, 15) is 9.90 Å². The number of carbonyl (C=O) groups is 1. The molecule has 2 heteroatoms. The highest BCUT2D eigenvalue weighted by atomic mass is 16.3. The van der Waals surface area contributed by atoms with Crippen LogP contribution in [0.1, 0.15) is 46.0 Å². The third-order valence-corrected chi connectivity index (χ3v) is 3.17. The zero-order valence-electron chi connectivity index (χ0n) is 8.62. The first kappa shape index (κ1) is 10.7. The number of carbonyl (C=O) groups excluding carboxylic acids is 1. The van der Waals surface area contributed by atoms with Gasteiger partial charge in [-0.25, -0.2) is 0 Å². The van der Waals surface area contributed by atoms with Crippen molar-refractivity contribution in [2.24, 2.45) is 11.8 Å². The Morgan fingerprint density at radius 1 is 1.46 bits per heavy atom. The Morgan fingerprint density at radius 3 is 2.62 bits per heavy atom. The molecule has 0 radical (unpaired) electrons. The average Bonchev–Trinajstić information content (AvgIpc) is 2.03. The summed E-state index contributed by atoms with van der Waals surface area (Å²) in [5, 5.41) is 9.79. The van der Waals surface area contributed by atoms with Gasteiger partial charge >= 0.3 is 0 Å². The SMILES string of the molecule is CC(=O)CC(O)C1CCCCC1C. The Bertz CT molecular complexity index is 177. The summed E-state index contributed by atoms with van der Waals surface area (Å²) >= 11 is 0. The smallest absolute Gasteiger partial charge is 0.132 e. The van der Waals surface area contributed by atoms with Gasteiger partial charge in [-0.2, -0.15) is 0 Å². The largest absolute Gasteiger partial charge is 0.392 e. The van der Waals surface area contributed by atoms with Gasteiger partial charge in [-0.3, -0.25) is 4.79 Å². The summed E-state index contributed by atoms with van der Waals surface area (Å²) < 4.78 is 0. The zero-order chi connectivity index (χ0) is 9.84. The summed E-state index contributed by atoms with van der Waals surface area (Å²) in [6.07, 6.45) is 4.74. The molecule has 1 rings (SSSR count). The van der Waals surface area contributed by atoms with Crippen LogP contribution in [0.5, 0.6) is 0 Å². The van der Waals surface area contributed by atoms with Crippen LogP contribution in [0.4, 0.5) is 0 Å². The Hall–Kier alpha value is -0.370. The number of Topliss-reactive ketones (excluding diaryl/α,β-unsaturated/α-hetero) is 1. The zero-order valence-corrected chi connectivity index (χ0v) is 8.62. The van der Waals surface area contributed by atoms with E-state index in [1.807, 2.05) is 0 Å². The van der Waals surface area contributed by atoms with Gasteiger partial charge in [0, 0.05) is 6.42 Å². The van der Waals surface area contributed by atoms with Crippen LogP contribution in [0, 0.1) is 11.8 Å². The maximum atomic E-state index is 10.8. The van der Waals surface area contributed by atoms with Crippen LogP contribution in [-0.2, 0) is 4.79 Å². The molecule has 0 aromatic heterocycles. The van der Waals surface area contributed by atoms with E-state index in [2.05, 4.69) is 6.92 Å². The minimum Gasteiger partial charge on any atom is -0.392 e. The summed E-state index contributed by atoms with van der Waals surface area (Å²) in [7, 11) is 0. The van der Waals surface area contributed by atoms with Crippen molar-refractivity contribution < 1.29 is 9.90 Å². The van der Waals surface area contributed by atoms with Crippen LogP contribution in [0.25, 0.3) is 0 Å². The van der Waals surface area contributed by atoms with Gasteiger partial charge in [0.1, 0.15) is 5.78 Å². The first-order valence-corrected chi connectivity index (χ1v) is 5.28. The Balaban J connectivity index is 2.43. The molecule has 0 aromatic rings. The summed E-state index contributed by atoms with van der Waals surface area (Å²) in [4.78, 5) is 10.8. The monoisotopic (exact) mass is 184 g/mol. The lowest BCUT2D eigenvalue weighted by Gasteiger charge is -2.32. The number of aliphatic hydroxyl groups is 1. The number of aliphatic hydroxyl groups excluding tert-OH is 1. The van der Waals surface area contributed by atoms with E-state index in [1.54, 1.807) is 6.92 Å². The van der Waals surface area contributed by atoms with Crippen molar-refractivity contribution in [3.05, 3.63) is 0 Å². The van der Waals surface area contributed by atoms with Crippen LogP contribution in [0.2, 0.25) is 0 Å². The molecule has 0 spiro atoms. The van der Waals surface area contributed by atoms with E-state index >= 15 is 0 Å². The average molecular weight is 184 g/mol. The third kappa shape index (κ3) is 3.11. The van der Waals surface area contributed by atoms with Gasteiger partial charge in [0.25, 0.3) is 0 Å². The maximum absolute atomic E-state index is 10.8. The minimum atomic E-state index is -0.396. The topological polar surface area (TPSA) is 37.3 Å². The summed E-state index contributed by atoms with van der Waals surface area (Å²) in [6, 6.07) is 0. The standard InChI is InChI=1S/C11H20O2/c1-8-5-3-4-6-10(8)11(13)7-9(2)12/h8,10-11,13H,3-7H2,1-2H3. The summed E-state index contributed by atoms with van der Waals surface area (Å²) in [5.41, 5.74) is 0. The molecule has 3 atom stereocenters. The lowest BCUT2D eigenvalue weighted by Crippen LogP contribution is -2.30. The predicted octanol–water partition coefficient (Wildman–Crippen LogP) is 2.15. The number of hydrogen-bond acceptors (Lipinski definition) is 2. The Morgan fingerprint density at radius 2 is 2.08 bits per heavy atom. The van der Waals surface area contributed by atoms with E-state index in [0.717, 1.165) is 6.42 Å². The molecule has 0 aromatic carbocycles. The number of rotatable bonds is 3. The minimum absolute atomic E-state index is 0.102.